The number of hydrogen-bond donors (Lipinski definition) is 1. The molecule has 0 bridgehead atoms. The third kappa shape index (κ3) is 3.47. The van der Waals surface area contributed by atoms with E-state index in [1.54, 1.807) is 7.11 Å². The standard InChI is InChI=1S/C15H21NO3/c1-3-19-15(17)8-9-16-14-7-5-11-4-6-12(18-2)10-13(11)14/h4,6,10,14,16H,3,5,7-9H2,1-2H3. The number of carbonyl (C=O) groups is 1. The second-order valence-electron chi connectivity index (χ2n) is 4.67. The lowest BCUT2D eigenvalue weighted by molar-refractivity contribution is -0.143. The van der Waals surface area contributed by atoms with Gasteiger partial charge in [-0.05, 0) is 43.0 Å². The van der Waals surface area contributed by atoms with E-state index in [9.17, 15) is 4.79 Å². The van der Waals surface area contributed by atoms with Gasteiger partial charge in [0.15, 0.2) is 0 Å². The lowest BCUT2D eigenvalue weighted by atomic mass is 10.1. The van der Waals surface area contributed by atoms with Crippen LogP contribution in [0.5, 0.6) is 5.75 Å². The molecule has 1 unspecified atom stereocenters. The minimum atomic E-state index is -0.140. The number of carbonyl (C=O) groups excluding carboxylic acids is 1. The molecule has 2 rings (SSSR count). The highest BCUT2D eigenvalue weighted by Gasteiger charge is 2.22. The van der Waals surface area contributed by atoms with Gasteiger partial charge in [0.05, 0.1) is 20.1 Å². The lowest BCUT2D eigenvalue weighted by Crippen LogP contribution is -2.23. The Morgan fingerprint density at radius 2 is 2.32 bits per heavy atom. The molecule has 0 amide bonds. The molecule has 104 valence electrons. The summed E-state index contributed by atoms with van der Waals surface area (Å²) < 4.78 is 10.2. The number of nitrogens with one attached hydrogen (secondary N) is 1. The zero-order valence-electron chi connectivity index (χ0n) is 11.6. The average Bonchev–Trinajstić information content (AvgIpc) is 2.81. The van der Waals surface area contributed by atoms with Crippen molar-refractivity contribution in [2.24, 2.45) is 0 Å². The fourth-order valence-corrected chi connectivity index (χ4v) is 2.50. The number of rotatable bonds is 6. The van der Waals surface area contributed by atoms with Gasteiger partial charge in [-0.25, -0.2) is 0 Å². The fraction of sp³-hybridized carbons (Fsp3) is 0.533. The van der Waals surface area contributed by atoms with E-state index in [1.165, 1.54) is 11.1 Å². The summed E-state index contributed by atoms with van der Waals surface area (Å²) in [7, 11) is 1.68. The number of ether oxygens (including phenoxy) is 2. The molecular formula is C15H21NO3. The van der Waals surface area contributed by atoms with Gasteiger partial charge in [-0.15, -0.1) is 0 Å². The Bertz CT molecular complexity index is 445. The number of benzene rings is 1. The molecule has 0 saturated heterocycles. The van der Waals surface area contributed by atoms with Crippen molar-refractivity contribution in [2.45, 2.75) is 32.2 Å². The normalized spacial score (nSPS) is 17.1. The molecule has 1 aliphatic carbocycles. The Kier molecular flexibility index (Phi) is 4.80. The third-order valence-corrected chi connectivity index (χ3v) is 3.46. The monoisotopic (exact) mass is 263 g/mol. The highest BCUT2D eigenvalue weighted by atomic mass is 16.5. The average molecular weight is 263 g/mol. The van der Waals surface area contributed by atoms with E-state index in [2.05, 4.69) is 17.4 Å². The van der Waals surface area contributed by atoms with E-state index >= 15 is 0 Å². The minimum Gasteiger partial charge on any atom is -0.497 e. The SMILES string of the molecule is CCOC(=O)CCNC1CCc2ccc(OC)cc21. The van der Waals surface area contributed by atoms with Crippen molar-refractivity contribution >= 4 is 5.97 Å². The van der Waals surface area contributed by atoms with Gasteiger partial charge in [-0.2, -0.15) is 0 Å². The molecule has 0 spiro atoms. The fourth-order valence-electron chi connectivity index (χ4n) is 2.50. The van der Waals surface area contributed by atoms with Crippen LogP contribution in [0, 0.1) is 0 Å². The molecule has 0 aliphatic heterocycles. The molecule has 4 nitrogen and oxygen atoms in total. The molecule has 1 aromatic carbocycles. The van der Waals surface area contributed by atoms with Crippen LogP contribution >= 0.6 is 0 Å². The molecule has 0 fully saturated rings. The van der Waals surface area contributed by atoms with E-state index in [-0.39, 0.29) is 5.97 Å². The predicted molar refractivity (Wildman–Crippen MR) is 73.3 cm³/mol. The number of fused-ring (bicyclic) bond motifs is 1. The van der Waals surface area contributed by atoms with Gasteiger partial charge < -0.3 is 14.8 Å². The van der Waals surface area contributed by atoms with Crippen LogP contribution in [0.3, 0.4) is 0 Å². The van der Waals surface area contributed by atoms with Crippen molar-refractivity contribution in [1.82, 2.24) is 5.32 Å². The molecule has 1 aromatic rings. The summed E-state index contributed by atoms with van der Waals surface area (Å²) in [6, 6.07) is 6.53. The number of aryl methyl sites for hydroxylation is 1. The van der Waals surface area contributed by atoms with E-state index in [1.807, 2.05) is 13.0 Å². The second-order valence-corrected chi connectivity index (χ2v) is 4.67. The molecular weight excluding hydrogens is 242 g/mol. The summed E-state index contributed by atoms with van der Waals surface area (Å²) >= 11 is 0. The Hall–Kier alpha value is -1.55. The van der Waals surface area contributed by atoms with E-state index in [0.29, 0.717) is 25.6 Å². The van der Waals surface area contributed by atoms with Crippen LogP contribution in [0.4, 0.5) is 0 Å². The highest BCUT2D eigenvalue weighted by molar-refractivity contribution is 5.69. The maximum absolute atomic E-state index is 11.3. The summed E-state index contributed by atoms with van der Waals surface area (Å²) in [4.78, 5) is 11.3. The Labute approximate surface area is 114 Å². The maximum Gasteiger partial charge on any atom is 0.307 e. The molecule has 0 radical (unpaired) electrons. The third-order valence-electron chi connectivity index (χ3n) is 3.46. The number of methoxy groups -OCH3 is 1. The van der Waals surface area contributed by atoms with Crippen LogP contribution in [0.2, 0.25) is 0 Å². The number of esters is 1. The van der Waals surface area contributed by atoms with Gasteiger partial charge in [0.1, 0.15) is 5.75 Å². The Morgan fingerprint density at radius 3 is 3.05 bits per heavy atom. The molecule has 1 atom stereocenters. The topological polar surface area (TPSA) is 47.6 Å². The summed E-state index contributed by atoms with van der Waals surface area (Å²) in [5.41, 5.74) is 2.66. The molecule has 1 N–H and O–H groups in total. The Morgan fingerprint density at radius 1 is 1.47 bits per heavy atom. The first-order valence-corrected chi connectivity index (χ1v) is 6.80. The maximum atomic E-state index is 11.3. The zero-order valence-corrected chi connectivity index (χ0v) is 11.6. The van der Waals surface area contributed by atoms with Gasteiger partial charge in [0.25, 0.3) is 0 Å². The highest BCUT2D eigenvalue weighted by Crippen LogP contribution is 2.33. The lowest BCUT2D eigenvalue weighted by Gasteiger charge is -2.14. The van der Waals surface area contributed by atoms with Gasteiger partial charge in [0.2, 0.25) is 0 Å². The Balaban J connectivity index is 1.89. The second kappa shape index (κ2) is 6.57. The van der Waals surface area contributed by atoms with Gasteiger partial charge >= 0.3 is 5.97 Å². The molecule has 4 heteroatoms. The van der Waals surface area contributed by atoms with Crippen LogP contribution in [0.1, 0.15) is 36.9 Å². The molecule has 0 saturated carbocycles. The molecule has 0 heterocycles. The molecule has 1 aliphatic rings. The van der Waals surface area contributed by atoms with Crippen molar-refractivity contribution in [3.8, 4) is 5.75 Å². The van der Waals surface area contributed by atoms with Crippen molar-refractivity contribution in [3.05, 3.63) is 29.3 Å². The molecule has 19 heavy (non-hydrogen) atoms. The quantitative estimate of drug-likeness (QED) is 0.800. The van der Waals surface area contributed by atoms with Gasteiger partial charge in [0, 0.05) is 12.6 Å². The van der Waals surface area contributed by atoms with Crippen LogP contribution < -0.4 is 10.1 Å². The first kappa shape index (κ1) is 13.9. The zero-order chi connectivity index (χ0) is 13.7. The summed E-state index contributed by atoms with van der Waals surface area (Å²) in [5, 5.41) is 3.42. The summed E-state index contributed by atoms with van der Waals surface area (Å²) in [6.45, 7) is 2.92. The van der Waals surface area contributed by atoms with Crippen molar-refractivity contribution < 1.29 is 14.3 Å². The predicted octanol–water partition coefficient (Wildman–Crippen LogP) is 2.23. The van der Waals surface area contributed by atoms with E-state index < -0.39 is 0 Å². The molecule has 0 aromatic heterocycles. The van der Waals surface area contributed by atoms with Crippen LogP contribution in [0.15, 0.2) is 18.2 Å². The smallest absolute Gasteiger partial charge is 0.307 e. The van der Waals surface area contributed by atoms with Crippen LogP contribution in [-0.2, 0) is 16.0 Å². The summed E-state index contributed by atoms with van der Waals surface area (Å²) in [5.74, 6) is 0.747. The summed E-state index contributed by atoms with van der Waals surface area (Å²) in [6.07, 6.45) is 2.57. The first-order valence-electron chi connectivity index (χ1n) is 6.80. The van der Waals surface area contributed by atoms with Gasteiger partial charge in [-0.3, -0.25) is 4.79 Å². The van der Waals surface area contributed by atoms with Crippen LogP contribution in [0.25, 0.3) is 0 Å². The largest absolute Gasteiger partial charge is 0.497 e. The number of hydrogen-bond acceptors (Lipinski definition) is 4. The van der Waals surface area contributed by atoms with Gasteiger partial charge in [-0.1, -0.05) is 6.07 Å². The first-order chi connectivity index (χ1) is 9.24. The van der Waals surface area contributed by atoms with Crippen molar-refractivity contribution in [3.63, 3.8) is 0 Å². The van der Waals surface area contributed by atoms with E-state index in [4.69, 9.17) is 9.47 Å². The van der Waals surface area contributed by atoms with E-state index in [0.717, 1.165) is 18.6 Å². The van der Waals surface area contributed by atoms with Crippen molar-refractivity contribution in [2.75, 3.05) is 20.3 Å². The minimum absolute atomic E-state index is 0.140. The van der Waals surface area contributed by atoms with Crippen LogP contribution in [-0.4, -0.2) is 26.2 Å². The van der Waals surface area contributed by atoms with Crippen molar-refractivity contribution in [1.29, 1.82) is 0 Å².